The first kappa shape index (κ1) is 12.4. The van der Waals surface area contributed by atoms with Crippen LogP contribution in [0.3, 0.4) is 0 Å². The zero-order valence-electron chi connectivity index (χ0n) is 11.3. The number of nitrogens with zero attached hydrogens (tertiary/aromatic N) is 2. The van der Waals surface area contributed by atoms with Gasteiger partial charge >= 0.3 is 0 Å². The number of para-hydroxylation sites is 2. The molecule has 0 atom stereocenters. The summed E-state index contributed by atoms with van der Waals surface area (Å²) in [6.07, 6.45) is 4.43. The number of nitrogens with one attached hydrogen (secondary N) is 1. The minimum Gasteiger partial charge on any atom is -0.366 e. The van der Waals surface area contributed by atoms with E-state index in [2.05, 4.69) is 15.3 Å². The Morgan fingerprint density at radius 1 is 1.05 bits per heavy atom. The van der Waals surface area contributed by atoms with Crippen LogP contribution in [0.2, 0.25) is 0 Å². The SMILES string of the molecule is Cc1nc2ccccc2nc1NC1CCC(N)CC1. The number of rotatable bonds is 2. The van der Waals surface area contributed by atoms with Crippen molar-refractivity contribution >= 4 is 16.9 Å². The average molecular weight is 256 g/mol. The molecule has 1 saturated carbocycles. The second kappa shape index (κ2) is 5.13. The van der Waals surface area contributed by atoms with E-state index >= 15 is 0 Å². The van der Waals surface area contributed by atoms with E-state index in [4.69, 9.17) is 5.73 Å². The van der Waals surface area contributed by atoms with Crippen molar-refractivity contribution < 1.29 is 0 Å². The van der Waals surface area contributed by atoms with Gasteiger partial charge in [0.15, 0.2) is 0 Å². The smallest absolute Gasteiger partial charge is 0.148 e. The molecule has 4 heteroatoms. The van der Waals surface area contributed by atoms with Gasteiger partial charge in [-0.2, -0.15) is 0 Å². The Balaban J connectivity index is 1.82. The zero-order chi connectivity index (χ0) is 13.2. The molecule has 1 aliphatic carbocycles. The van der Waals surface area contributed by atoms with Crippen molar-refractivity contribution in [2.45, 2.75) is 44.7 Å². The molecule has 0 unspecified atom stereocenters. The molecule has 3 N–H and O–H groups in total. The van der Waals surface area contributed by atoms with Crippen molar-refractivity contribution in [1.82, 2.24) is 9.97 Å². The third kappa shape index (κ3) is 2.68. The third-order valence-corrected chi connectivity index (χ3v) is 3.86. The summed E-state index contributed by atoms with van der Waals surface area (Å²) in [4.78, 5) is 9.29. The number of anilines is 1. The highest BCUT2D eigenvalue weighted by Crippen LogP contribution is 2.22. The van der Waals surface area contributed by atoms with Gasteiger partial charge < -0.3 is 11.1 Å². The van der Waals surface area contributed by atoms with Crippen LogP contribution in [0.5, 0.6) is 0 Å². The quantitative estimate of drug-likeness (QED) is 0.867. The Kier molecular flexibility index (Phi) is 3.34. The van der Waals surface area contributed by atoms with Gasteiger partial charge in [0.1, 0.15) is 5.82 Å². The summed E-state index contributed by atoms with van der Waals surface area (Å²) in [5, 5.41) is 3.53. The molecule has 0 saturated heterocycles. The number of aryl methyl sites for hydroxylation is 1. The molecule has 100 valence electrons. The molecule has 0 spiro atoms. The molecule has 0 amide bonds. The first-order chi connectivity index (χ1) is 9.22. The molecule has 0 bridgehead atoms. The van der Waals surface area contributed by atoms with E-state index in [1.54, 1.807) is 0 Å². The second-order valence-electron chi connectivity index (χ2n) is 5.40. The highest BCUT2D eigenvalue weighted by Gasteiger charge is 2.19. The third-order valence-electron chi connectivity index (χ3n) is 3.86. The molecule has 0 radical (unpaired) electrons. The van der Waals surface area contributed by atoms with Crippen LogP contribution in [0.25, 0.3) is 11.0 Å². The van der Waals surface area contributed by atoms with Crippen molar-refractivity contribution in [2.24, 2.45) is 5.73 Å². The summed E-state index contributed by atoms with van der Waals surface area (Å²) >= 11 is 0. The molecule has 19 heavy (non-hydrogen) atoms. The first-order valence-corrected chi connectivity index (χ1v) is 6.98. The summed E-state index contributed by atoms with van der Waals surface area (Å²) in [5.41, 5.74) is 8.81. The largest absolute Gasteiger partial charge is 0.366 e. The fourth-order valence-corrected chi connectivity index (χ4v) is 2.68. The lowest BCUT2D eigenvalue weighted by Gasteiger charge is -2.27. The molecule has 1 fully saturated rings. The Morgan fingerprint density at radius 2 is 1.68 bits per heavy atom. The number of hydrogen-bond donors (Lipinski definition) is 2. The topological polar surface area (TPSA) is 63.8 Å². The maximum absolute atomic E-state index is 5.94. The highest BCUT2D eigenvalue weighted by atomic mass is 15.0. The van der Waals surface area contributed by atoms with Crippen molar-refractivity contribution in [3.8, 4) is 0 Å². The van der Waals surface area contributed by atoms with Crippen molar-refractivity contribution in [2.75, 3.05) is 5.32 Å². The lowest BCUT2D eigenvalue weighted by molar-refractivity contribution is 0.410. The summed E-state index contributed by atoms with van der Waals surface area (Å²) in [5.74, 6) is 0.916. The lowest BCUT2D eigenvalue weighted by atomic mass is 9.92. The summed E-state index contributed by atoms with van der Waals surface area (Å²) in [6, 6.07) is 8.85. The number of fused-ring (bicyclic) bond motifs is 1. The van der Waals surface area contributed by atoms with Crippen LogP contribution < -0.4 is 11.1 Å². The highest BCUT2D eigenvalue weighted by molar-refractivity contribution is 5.76. The predicted octanol–water partition coefficient (Wildman–Crippen LogP) is 2.62. The average Bonchev–Trinajstić information content (AvgIpc) is 2.42. The van der Waals surface area contributed by atoms with E-state index in [1.807, 2.05) is 31.2 Å². The van der Waals surface area contributed by atoms with Gasteiger partial charge in [-0.3, -0.25) is 0 Å². The van der Waals surface area contributed by atoms with Gasteiger partial charge in [0.2, 0.25) is 0 Å². The summed E-state index contributed by atoms with van der Waals surface area (Å²) in [6.45, 7) is 2.01. The van der Waals surface area contributed by atoms with E-state index in [1.165, 1.54) is 0 Å². The zero-order valence-corrected chi connectivity index (χ0v) is 11.3. The second-order valence-corrected chi connectivity index (χ2v) is 5.40. The van der Waals surface area contributed by atoms with Crippen LogP contribution in [0, 0.1) is 6.92 Å². The predicted molar refractivity (Wildman–Crippen MR) is 78.1 cm³/mol. The van der Waals surface area contributed by atoms with Crippen LogP contribution in [-0.4, -0.2) is 22.1 Å². The molecule has 1 aromatic carbocycles. The fraction of sp³-hybridized carbons (Fsp3) is 0.467. The van der Waals surface area contributed by atoms with Crippen molar-refractivity contribution in [3.63, 3.8) is 0 Å². The molecule has 1 aromatic heterocycles. The summed E-state index contributed by atoms with van der Waals surface area (Å²) in [7, 11) is 0. The van der Waals surface area contributed by atoms with Gasteiger partial charge in [-0.05, 0) is 44.7 Å². The van der Waals surface area contributed by atoms with E-state index < -0.39 is 0 Å². The maximum Gasteiger partial charge on any atom is 0.148 e. The van der Waals surface area contributed by atoms with Crippen LogP contribution in [0.4, 0.5) is 5.82 Å². The van der Waals surface area contributed by atoms with Crippen molar-refractivity contribution in [1.29, 1.82) is 0 Å². The van der Waals surface area contributed by atoms with E-state index in [9.17, 15) is 0 Å². The molecular weight excluding hydrogens is 236 g/mol. The summed E-state index contributed by atoms with van der Waals surface area (Å²) < 4.78 is 0. The first-order valence-electron chi connectivity index (χ1n) is 6.98. The minimum atomic E-state index is 0.377. The minimum absolute atomic E-state index is 0.377. The molecule has 1 aliphatic rings. The number of nitrogens with two attached hydrogens (primary N) is 1. The molecule has 2 aromatic rings. The van der Waals surface area contributed by atoms with Crippen LogP contribution >= 0.6 is 0 Å². The van der Waals surface area contributed by atoms with E-state index in [0.717, 1.165) is 48.2 Å². The van der Waals surface area contributed by atoms with Crippen molar-refractivity contribution in [3.05, 3.63) is 30.0 Å². The lowest BCUT2D eigenvalue weighted by Crippen LogP contribution is -2.33. The van der Waals surface area contributed by atoms with Gasteiger partial charge in [-0.1, -0.05) is 12.1 Å². The Bertz CT molecular complexity index is 573. The Morgan fingerprint density at radius 3 is 2.37 bits per heavy atom. The van der Waals surface area contributed by atoms with Crippen LogP contribution in [0.15, 0.2) is 24.3 Å². The van der Waals surface area contributed by atoms with Gasteiger partial charge in [0, 0.05) is 12.1 Å². The van der Waals surface area contributed by atoms with Gasteiger partial charge in [-0.25, -0.2) is 9.97 Å². The molecule has 0 aliphatic heterocycles. The molecule has 4 nitrogen and oxygen atoms in total. The molecule has 1 heterocycles. The Labute approximate surface area is 113 Å². The van der Waals surface area contributed by atoms with Crippen LogP contribution in [-0.2, 0) is 0 Å². The monoisotopic (exact) mass is 256 g/mol. The molecular formula is C15H20N4. The van der Waals surface area contributed by atoms with E-state index in [-0.39, 0.29) is 0 Å². The van der Waals surface area contributed by atoms with E-state index in [0.29, 0.717) is 12.1 Å². The number of benzene rings is 1. The van der Waals surface area contributed by atoms with Crippen LogP contribution in [0.1, 0.15) is 31.4 Å². The number of hydrogen-bond acceptors (Lipinski definition) is 4. The standard InChI is InChI=1S/C15H20N4/c1-10-15(18-12-8-6-11(16)7-9-12)19-14-5-3-2-4-13(14)17-10/h2-5,11-12H,6-9,16H2,1H3,(H,18,19). The van der Waals surface area contributed by atoms with Gasteiger partial charge in [0.05, 0.1) is 16.7 Å². The fourth-order valence-electron chi connectivity index (χ4n) is 2.68. The van der Waals surface area contributed by atoms with Gasteiger partial charge in [-0.15, -0.1) is 0 Å². The Hall–Kier alpha value is -1.68. The van der Waals surface area contributed by atoms with Gasteiger partial charge in [0.25, 0.3) is 0 Å². The maximum atomic E-state index is 5.94. The number of aromatic nitrogens is 2. The molecule has 3 rings (SSSR count). The normalized spacial score (nSPS) is 23.5.